The van der Waals surface area contributed by atoms with Gasteiger partial charge >= 0.3 is 0 Å². The van der Waals surface area contributed by atoms with Crippen molar-refractivity contribution in [2.24, 2.45) is 5.41 Å². The van der Waals surface area contributed by atoms with Crippen LogP contribution in [0.25, 0.3) is 0 Å². The molecular formula is C10H23O3Ti-. The molecule has 3 N–H and O–H groups in total. The van der Waals surface area contributed by atoms with E-state index in [0.717, 1.165) is 6.42 Å². The fourth-order valence-corrected chi connectivity index (χ4v) is 0.485. The Kier molecular flexibility index (Phi) is 19.5. The van der Waals surface area contributed by atoms with E-state index < -0.39 is 5.41 Å². The monoisotopic (exact) mass is 239 g/mol. The SMILES string of the molecule is CCC(CO)(CO)CO.[CH2-]CCC.[Ti]. The Morgan fingerprint density at radius 1 is 1.00 bits per heavy atom. The van der Waals surface area contributed by atoms with E-state index in [4.69, 9.17) is 15.3 Å². The first kappa shape index (κ1) is 20.1. The molecule has 0 unspecified atom stereocenters. The number of rotatable bonds is 5. The number of aliphatic hydroxyl groups excluding tert-OH is 3. The molecule has 14 heavy (non-hydrogen) atoms. The van der Waals surface area contributed by atoms with Crippen LogP contribution in [-0.2, 0) is 21.7 Å². The number of aliphatic hydroxyl groups is 3. The van der Waals surface area contributed by atoms with Crippen LogP contribution in [0.1, 0.15) is 33.1 Å². The predicted octanol–water partition coefficient (Wildman–Crippen LogP) is 0.978. The summed E-state index contributed by atoms with van der Waals surface area (Å²) in [4.78, 5) is 0. The van der Waals surface area contributed by atoms with Crippen molar-refractivity contribution in [1.29, 1.82) is 0 Å². The molecule has 86 valence electrons. The molecule has 0 amide bonds. The molecule has 0 aliphatic rings. The minimum atomic E-state index is -0.667. The van der Waals surface area contributed by atoms with E-state index in [1.165, 1.54) is 6.42 Å². The van der Waals surface area contributed by atoms with Gasteiger partial charge in [0.1, 0.15) is 0 Å². The van der Waals surface area contributed by atoms with Gasteiger partial charge in [-0.05, 0) is 6.42 Å². The Bertz CT molecular complexity index is 75.9. The quantitative estimate of drug-likeness (QED) is 0.495. The Morgan fingerprint density at radius 3 is 1.29 bits per heavy atom. The summed E-state index contributed by atoms with van der Waals surface area (Å²) in [6, 6.07) is 0. The van der Waals surface area contributed by atoms with E-state index in [1.807, 2.05) is 6.92 Å². The second-order valence-corrected chi connectivity index (χ2v) is 3.18. The summed E-state index contributed by atoms with van der Waals surface area (Å²) < 4.78 is 0. The van der Waals surface area contributed by atoms with E-state index >= 15 is 0 Å². The zero-order valence-electron chi connectivity index (χ0n) is 9.29. The maximum absolute atomic E-state index is 8.66. The van der Waals surface area contributed by atoms with Crippen molar-refractivity contribution in [1.82, 2.24) is 0 Å². The van der Waals surface area contributed by atoms with Gasteiger partial charge in [-0.25, -0.2) is 0 Å². The van der Waals surface area contributed by atoms with Gasteiger partial charge in [0.05, 0.1) is 19.8 Å². The third-order valence-corrected chi connectivity index (χ3v) is 2.11. The van der Waals surface area contributed by atoms with Crippen LogP contribution in [-0.4, -0.2) is 35.1 Å². The van der Waals surface area contributed by atoms with Gasteiger partial charge in [0, 0.05) is 27.1 Å². The maximum Gasteiger partial charge on any atom is 0.0531 e. The second-order valence-electron chi connectivity index (χ2n) is 3.18. The van der Waals surface area contributed by atoms with Crippen LogP contribution >= 0.6 is 0 Å². The molecule has 0 fully saturated rings. The fourth-order valence-electron chi connectivity index (χ4n) is 0.485. The van der Waals surface area contributed by atoms with Crippen LogP contribution in [0.3, 0.4) is 0 Å². The smallest absolute Gasteiger partial charge is 0.0531 e. The Balaban J connectivity index is -0.000000209. The molecule has 0 rings (SSSR count). The summed E-state index contributed by atoms with van der Waals surface area (Å²) in [5.74, 6) is 0. The fraction of sp³-hybridized carbons (Fsp3) is 0.900. The standard InChI is InChI=1S/C6H14O3.C4H9.Ti/c1-2-6(3-7,4-8)5-9;1-3-4-2;/h7-9H,2-5H2,1H3;1,3-4H2,2H3;/q;-1;. The van der Waals surface area contributed by atoms with Gasteiger partial charge in [-0.2, -0.15) is 6.42 Å². The molecule has 3 nitrogen and oxygen atoms in total. The van der Waals surface area contributed by atoms with Crippen molar-refractivity contribution in [2.75, 3.05) is 19.8 Å². The summed E-state index contributed by atoms with van der Waals surface area (Å²) >= 11 is 0. The van der Waals surface area contributed by atoms with Crippen LogP contribution in [0.2, 0.25) is 0 Å². The van der Waals surface area contributed by atoms with Crippen LogP contribution < -0.4 is 0 Å². The van der Waals surface area contributed by atoms with Gasteiger partial charge in [-0.15, -0.1) is 0 Å². The number of unbranched alkanes of at least 4 members (excludes halogenated alkanes) is 1. The molecule has 0 aromatic heterocycles. The summed E-state index contributed by atoms with van der Waals surface area (Å²) in [7, 11) is 0. The van der Waals surface area contributed by atoms with Crippen molar-refractivity contribution in [3.05, 3.63) is 6.92 Å². The van der Waals surface area contributed by atoms with Gasteiger partial charge in [-0.3, -0.25) is 0 Å². The molecule has 0 spiro atoms. The van der Waals surface area contributed by atoms with E-state index in [2.05, 4.69) is 13.8 Å². The minimum Gasteiger partial charge on any atom is -0.396 e. The van der Waals surface area contributed by atoms with Crippen molar-refractivity contribution in [3.63, 3.8) is 0 Å². The molecule has 4 heteroatoms. The Hall–Kier alpha value is 0.594. The molecule has 0 aromatic rings. The minimum absolute atomic E-state index is 0. The molecule has 0 bridgehead atoms. The normalized spacial score (nSPS) is 9.86. The zero-order chi connectivity index (χ0) is 10.7. The first-order chi connectivity index (χ1) is 6.16. The Labute approximate surface area is 102 Å². The topological polar surface area (TPSA) is 60.7 Å². The van der Waals surface area contributed by atoms with Crippen molar-refractivity contribution in [3.8, 4) is 0 Å². The van der Waals surface area contributed by atoms with Crippen molar-refractivity contribution in [2.45, 2.75) is 33.1 Å². The molecule has 0 heterocycles. The van der Waals surface area contributed by atoms with Gasteiger partial charge in [0.25, 0.3) is 0 Å². The van der Waals surface area contributed by atoms with Gasteiger partial charge in [-0.1, -0.05) is 20.3 Å². The molecule has 0 aliphatic carbocycles. The zero-order valence-corrected chi connectivity index (χ0v) is 10.9. The summed E-state index contributed by atoms with van der Waals surface area (Å²) in [5, 5.41) is 26.0. The third-order valence-electron chi connectivity index (χ3n) is 2.11. The molecule has 0 saturated carbocycles. The summed E-state index contributed by atoms with van der Waals surface area (Å²) in [6.07, 6.45) is 2.87. The first-order valence-corrected chi connectivity index (χ1v) is 4.78. The summed E-state index contributed by atoms with van der Waals surface area (Å²) in [5.41, 5.74) is -0.667. The maximum atomic E-state index is 8.66. The Morgan fingerprint density at radius 2 is 1.29 bits per heavy atom. The van der Waals surface area contributed by atoms with Crippen LogP contribution in [0.5, 0.6) is 0 Å². The van der Waals surface area contributed by atoms with E-state index in [-0.39, 0.29) is 41.5 Å². The summed E-state index contributed by atoms with van der Waals surface area (Å²) in [6.45, 7) is 7.08. The predicted molar refractivity (Wildman–Crippen MR) is 54.2 cm³/mol. The van der Waals surface area contributed by atoms with Gasteiger partial charge < -0.3 is 22.2 Å². The van der Waals surface area contributed by atoms with Crippen molar-refractivity contribution < 1.29 is 37.0 Å². The molecule has 0 radical (unpaired) electrons. The molecule has 0 atom stereocenters. The van der Waals surface area contributed by atoms with Gasteiger partial charge in [0.2, 0.25) is 0 Å². The number of hydrogen-bond donors (Lipinski definition) is 3. The van der Waals surface area contributed by atoms with Crippen LogP contribution in [0, 0.1) is 12.3 Å². The average Bonchev–Trinajstić information content (AvgIpc) is 2.23. The van der Waals surface area contributed by atoms with E-state index in [1.54, 1.807) is 0 Å². The second kappa shape index (κ2) is 13.6. The van der Waals surface area contributed by atoms with Crippen LogP contribution in [0.4, 0.5) is 0 Å². The van der Waals surface area contributed by atoms with Crippen molar-refractivity contribution >= 4 is 0 Å². The molecule has 0 saturated heterocycles. The van der Waals surface area contributed by atoms with E-state index in [0.29, 0.717) is 6.42 Å². The number of hydrogen-bond acceptors (Lipinski definition) is 3. The molecule has 0 aromatic carbocycles. The van der Waals surface area contributed by atoms with E-state index in [9.17, 15) is 0 Å². The van der Waals surface area contributed by atoms with Gasteiger partial charge in [0.15, 0.2) is 0 Å². The molecular weight excluding hydrogens is 216 g/mol. The molecule has 0 aliphatic heterocycles. The van der Waals surface area contributed by atoms with Crippen LogP contribution in [0.15, 0.2) is 0 Å². The average molecular weight is 239 g/mol. The largest absolute Gasteiger partial charge is 0.396 e. The third kappa shape index (κ3) is 9.16. The first-order valence-electron chi connectivity index (χ1n) is 4.78.